The van der Waals surface area contributed by atoms with E-state index in [9.17, 15) is 14.4 Å². The minimum absolute atomic E-state index is 0.0208. The van der Waals surface area contributed by atoms with E-state index in [1.807, 2.05) is 13.8 Å². The van der Waals surface area contributed by atoms with E-state index in [0.29, 0.717) is 18.0 Å². The highest BCUT2D eigenvalue weighted by molar-refractivity contribution is 5.73. The lowest BCUT2D eigenvalue weighted by Gasteiger charge is -2.07. The molecule has 0 aliphatic rings. The van der Waals surface area contributed by atoms with Gasteiger partial charge < -0.3 is 37.5 Å². The van der Waals surface area contributed by atoms with Gasteiger partial charge in [-0.2, -0.15) is 0 Å². The molecule has 1 rings (SSSR count). The maximum absolute atomic E-state index is 10.3. The third-order valence-electron chi connectivity index (χ3n) is 3.35. The number of aromatic amines is 1. The summed E-state index contributed by atoms with van der Waals surface area (Å²) in [6.07, 6.45) is 3.93. The predicted molar refractivity (Wildman–Crippen MR) is 103 cm³/mol. The first-order valence-corrected chi connectivity index (χ1v) is 8.72. The van der Waals surface area contributed by atoms with E-state index in [0.717, 1.165) is 0 Å². The molecule has 3 atom stereocenters. The lowest BCUT2D eigenvalue weighted by molar-refractivity contribution is -0.140. The smallest absolute Gasteiger partial charge is 0.320 e. The summed E-state index contributed by atoms with van der Waals surface area (Å²) in [4.78, 5) is 36.9. The Labute approximate surface area is 164 Å². The lowest BCUT2D eigenvalue weighted by Crippen LogP contribution is -2.34. The van der Waals surface area contributed by atoms with Gasteiger partial charge in [0.25, 0.3) is 0 Å². The average Bonchev–Trinajstić information content (AvgIpc) is 3.07. The Morgan fingerprint density at radius 1 is 0.964 bits per heavy atom. The molecule has 28 heavy (non-hydrogen) atoms. The van der Waals surface area contributed by atoms with Crippen LogP contribution < -0.4 is 17.2 Å². The van der Waals surface area contributed by atoms with Gasteiger partial charge in [0, 0.05) is 12.6 Å². The van der Waals surface area contributed by atoms with Crippen LogP contribution >= 0.6 is 0 Å². The topological polar surface area (TPSA) is 219 Å². The zero-order chi connectivity index (χ0) is 22.4. The first-order valence-electron chi connectivity index (χ1n) is 8.72. The van der Waals surface area contributed by atoms with Gasteiger partial charge in [-0.25, -0.2) is 4.98 Å². The predicted octanol–water partition coefficient (Wildman–Crippen LogP) is -0.137. The maximum atomic E-state index is 10.3. The first-order chi connectivity index (χ1) is 12.8. The molecule has 0 bridgehead atoms. The van der Waals surface area contributed by atoms with Crippen LogP contribution in [0.15, 0.2) is 12.5 Å². The molecule has 0 saturated heterocycles. The Hall–Kier alpha value is -2.50. The fourth-order valence-corrected chi connectivity index (χ4v) is 1.61. The lowest BCUT2D eigenvalue weighted by atomic mass is 10.1. The van der Waals surface area contributed by atoms with E-state index < -0.39 is 36.0 Å². The number of nitrogens with two attached hydrogens (primary N) is 3. The molecule has 10 N–H and O–H groups in total. The van der Waals surface area contributed by atoms with E-state index in [1.165, 1.54) is 6.33 Å². The minimum atomic E-state index is -1.01. The normalized spacial score (nSPS) is 13.5. The number of H-pyrrole nitrogens is 1. The van der Waals surface area contributed by atoms with E-state index in [-0.39, 0.29) is 12.3 Å². The highest BCUT2D eigenvalue weighted by Gasteiger charge is 2.14. The van der Waals surface area contributed by atoms with Crippen molar-refractivity contribution in [1.82, 2.24) is 9.97 Å². The molecule has 1 aromatic heterocycles. The number of hydrogen-bond acceptors (Lipinski definition) is 7. The van der Waals surface area contributed by atoms with Crippen LogP contribution in [-0.4, -0.2) is 61.3 Å². The summed E-state index contributed by atoms with van der Waals surface area (Å²) in [5.41, 5.74) is 16.3. The van der Waals surface area contributed by atoms with Crippen molar-refractivity contribution in [2.24, 2.45) is 29.0 Å². The highest BCUT2D eigenvalue weighted by Crippen LogP contribution is 2.01. The molecule has 0 aromatic carbocycles. The zero-order valence-corrected chi connectivity index (χ0v) is 16.7. The second-order valence-electron chi connectivity index (χ2n) is 6.89. The van der Waals surface area contributed by atoms with Gasteiger partial charge in [-0.1, -0.05) is 27.7 Å². The summed E-state index contributed by atoms with van der Waals surface area (Å²) in [6.45, 7) is 7.45. The van der Waals surface area contributed by atoms with E-state index in [4.69, 9.17) is 32.5 Å². The number of nitrogens with zero attached hydrogens (tertiary/aromatic N) is 1. The number of imidazole rings is 1. The van der Waals surface area contributed by atoms with Crippen molar-refractivity contribution >= 4 is 17.9 Å². The fraction of sp³-hybridized carbons (Fsp3) is 0.647. The van der Waals surface area contributed by atoms with Gasteiger partial charge in [0.15, 0.2) is 0 Å². The van der Waals surface area contributed by atoms with Gasteiger partial charge in [-0.3, -0.25) is 14.4 Å². The molecule has 0 unspecified atom stereocenters. The molecule has 0 aliphatic heterocycles. The second kappa shape index (κ2) is 14.5. The van der Waals surface area contributed by atoms with Crippen LogP contribution in [0.2, 0.25) is 0 Å². The monoisotopic (exact) mass is 403 g/mol. The number of aliphatic carboxylic acids is 3. The van der Waals surface area contributed by atoms with Gasteiger partial charge in [-0.15, -0.1) is 0 Å². The highest BCUT2D eigenvalue weighted by atomic mass is 16.4. The van der Waals surface area contributed by atoms with Crippen molar-refractivity contribution in [2.45, 2.75) is 58.7 Å². The number of hydrogen-bond donors (Lipinski definition) is 7. The third-order valence-corrected chi connectivity index (χ3v) is 3.35. The summed E-state index contributed by atoms with van der Waals surface area (Å²) >= 11 is 0. The van der Waals surface area contributed by atoms with Crippen LogP contribution in [0.25, 0.3) is 0 Å². The number of carboxylic acids is 3. The molecule has 0 amide bonds. The fourth-order valence-electron chi connectivity index (χ4n) is 1.61. The zero-order valence-electron chi connectivity index (χ0n) is 16.7. The third kappa shape index (κ3) is 14.6. The molecule has 1 aromatic rings. The number of rotatable bonds is 8. The Bertz CT molecular complexity index is 577. The van der Waals surface area contributed by atoms with Gasteiger partial charge in [0.2, 0.25) is 0 Å². The standard InChI is InChI=1S/C6H9N3O2.C6H13NO2.C5H11NO2/c7-5(6(10)11)1-4-2-8-3-9-4;1-4(2)3-5(7)6(8)9;1-3(2)4(6)5(7)8/h2-3,5H,1,7H2,(H,8,9)(H,10,11);4-5H,3,7H2,1-2H3,(H,8,9);3-4H,6H2,1-2H3,(H,7,8)/t2*5-;4-/m000/s1. The van der Waals surface area contributed by atoms with Gasteiger partial charge >= 0.3 is 17.9 Å². The van der Waals surface area contributed by atoms with Crippen molar-refractivity contribution in [2.75, 3.05) is 0 Å². The number of carboxylic acid groups (broad SMARTS) is 3. The minimum Gasteiger partial charge on any atom is -0.480 e. The van der Waals surface area contributed by atoms with Crippen molar-refractivity contribution in [3.8, 4) is 0 Å². The summed E-state index contributed by atoms with van der Waals surface area (Å²) in [5, 5.41) is 25.0. The molecule has 162 valence electrons. The Morgan fingerprint density at radius 2 is 1.46 bits per heavy atom. The molecular weight excluding hydrogens is 370 g/mol. The summed E-state index contributed by atoms with van der Waals surface area (Å²) in [7, 11) is 0. The van der Waals surface area contributed by atoms with Gasteiger partial charge in [0.1, 0.15) is 18.1 Å². The van der Waals surface area contributed by atoms with Crippen LogP contribution in [0.5, 0.6) is 0 Å². The maximum Gasteiger partial charge on any atom is 0.320 e. The van der Waals surface area contributed by atoms with Crippen molar-refractivity contribution in [3.05, 3.63) is 18.2 Å². The number of carbonyl (C=O) groups is 3. The first kappa shape index (κ1) is 27.7. The van der Waals surface area contributed by atoms with Crippen molar-refractivity contribution in [3.63, 3.8) is 0 Å². The molecule has 11 nitrogen and oxygen atoms in total. The van der Waals surface area contributed by atoms with Crippen LogP contribution in [-0.2, 0) is 20.8 Å². The quantitative estimate of drug-likeness (QED) is 0.304. The molecule has 11 heteroatoms. The van der Waals surface area contributed by atoms with Crippen molar-refractivity contribution in [1.29, 1.82) is 0 Å². The van der Waals surface area contributed by atoms with E-state index in [1.54, 1.807) is 20.0 Å². The molecule has 0 saturated carbocycles. The van der Waals surface area contributed by atoms with Gasteiger partial charge in [0.05, 0.1) is 12.0 Å². The SMILES string of the molecule is CC(C)C[C@H](N)C(=O)O.CC(C)[C@H](N)C(=O)O.N[C@@H](Cc1c[nH]cn1)C(=O)O. The Balaban J connectivity index is 0. The number of nitrogens with one attached hydrogen (secondary N) is 1. The average molecular weight is 403 g/mol. The van der Waals surface area contributed by atoms with Crippen molar-refractivity contribution < 1.29 is 29.7 Å². The van der Waals surface area contributed by atoms with E-state index in [2.05, 4.69) is 9.97 Å². The second-order valence-corrected chi connectivity index (χ2v) is 6.89. The van der Waals surface area contributed by atoms with Crippen LogP contribution in [0.1, 0.15) is 39.8 Å². The molecule has 0 aliphatic carbocycles. The Morgan fingerprint density at radius 3 is 1.68 bits per heavy atom. The molecule has 0 spiro atoms. The van der Waals surface area contributed by atoms with Crippen LogP contribution in [0.4, 0.5) is 0 Å². The summed E-state index contributed by atoms with van der Waals surface area (Å²) in [5.74, 6) is -2.47. The Kier molecular flexibility index (Phi) is 14.4. The largest absolute Gasteiger partial charge is 0.480 e. The number of aromatic nitrogens is 2. The summed E-state index contributed by atoms with van der Waals surface area (Å²) < 4.78 is 0. The van der Waals surface area contributed by atoms with Crippen LogP contribution in [0, 0.1) is 11.8 Å². The van der Waals surface area contributed by atoms with Crippen LogP contribution in [0.3, 0.4) is 0 Å². The summed E-state index contributed by atoms with van der Waals surface area (Å²) in [6, 6.07) is -2.27. The molecular formula is C17H33N5O6. The van der Waals surface area contributed by atoms with Gasteiger partial charge in [-0.05, 0) is 18.3 Å². The van der Waals surface area contributed by atoms with E-state index >= 15 is 0 Å². The molecule has 1 heterocycles. The molecule has 0 fully saturated rings. The molecule has 0 radical (unpaired) electrons.